The van der Waals surface area contributed by atoms with Gasteiger partial charge in [0, 0.05) is 12.3 Å². The molecule has 0 amide bonds. The van der Waals surface area contributed by atoms with Crippen molar-refractivity contribution in [2.45, 2.75) is 55.7 Å². The lowest BCUT2D eigenvalue weighted by atomic mass is 10.1. The molecule has 0 aliphatic carbocycles. The summed E-state index contributed by atoms with van der Waals surface area (Å²) in [5.41, 5.74) is -1.35. The zero-order valence-corrected chi connectivity index (χ0v) is 21.0. The number of rotatable bonds is 10. The smallest absolute Gasteiger partial charge is 0.459 e. The maximum atomic E-state index is 13.6. The van der Waals surface area contributed by atoms with Gasteiger partial charge in [0.15, 0.2) is 0 Å². The molecule has 1 aromatic carbocycles. The van der Waals surface area contributed by atoms with Gasteiger partial charge >= 0.3 is 19.4 Å². The number of carbonyl (C=O) groups excluding carboxylic acids is 1. The fourth-order valence-electron chi connectivity index (χ4n) is 3.23. The van der Waals surface area contributed by atoms with Crippen LogP contribution in [0.2, 0.25) is 0 Å². The Labute approximate surface area is 205 Å². The largest absolute Gasteiger partial charge is 0.462 e. The van der Waals surface area contributed by atoms with Gasteiger partial charge in [-0.2, -0.15) is 5.09 Å². The van der Waals surface area contributed by atoms with E-state index in [4.69, 9.17) is 13.8 Å². The molecule has 1 aliphatic heterocycles. The van der Waals surface area contributed by atoms with E-state index in [-0.39, 0.29) is 18.5 Å². The molecule has 12 nitrogen and oxygen atoms in total. The summed E-state index contributed by atoms with van der Waals surface area (Å²) in [4.78, 5) is 37.8. The minimum Gasteiger partial charge on any atom is -0.462 e. The van der Waals surface area contributed by atoms with E-state index < -0.39 is 53.8 Å². The molecule has 2 heterocycles. The lowest BCUT2D eigenvalue weighted by molar-refractivity contribution is -0.149. The molecule has 35 heavy (non-hydrogen) atoms. The average molecular weight is 530 g/mol. The highest BCUT2D eigenvalue weighted by molar-refractivity contribution is 8.00. The molecule has 0 bridgehead atoms. The number of hydrogen-bond donors (Lipinski definition) is 4. The first-order valence-corrected chi connectivity index (χ1v) is 13.3. The zero-order valence-electron chi connectivity index (χ0n) is 19.3. The third kappa shape index (κ3) is 7.06. The van der Waals surface area contributed by atoms with Crippen LogP contribution in [0, 0.1) is 0 Å². The fraction of sp³-hybridized carbons (Fsp3) is 0.476. The third-order valence-corrected chi connectivity index (χ3v) is 8.09. The number of hydrogen-bond acceptors (Lipinski definition) is 10. The van der Waals surface area contributed by atoms with E-state index in [1.165, 1.54) is 13.1 Å². The van der Waals surface area contributed by atoms with Crippen LogP contribution in [0.4, 0.5) is 0 Å². The van der Waals surface area contributed by atoms with Crippen molar-refractivity contribution in [3.63, 3.8) is 0 Å². The number of aromatic nitrogens is 2. The van der Waals surface area contributed by atoms with Crippen LogP contribution in [0.15, 0.2) is 52.2 Å². The second-order valence-corrected chi connectivity index (χ2v) is 11.2. The summed E-state index contributed by atoms with van der Waals surface area (Å²) in [7, 11) is -4.17. The summed E-state index contributed by atoms with van der Waals surface area (Å²) in [6.45, 7) is 4.43. The van der Waals surface area contributed by atoms with Crippen LogP contribution >= 0.6 is 19.5 Å². The molecule has 1 saturated heterocycles. The molecule has 0 radical (unpaired) electrons. The maximum absolute atomic E-state index is 13.6. The molecule has 1 aromatic heterocycles. The summed E-state index contributed by atoms with van der Waals surface area (Å²) >= 11 is 1.00. The minimum absolute atomic E-state index is 0.213. The van der Waals surface area contributed by atoms with E-state index in [0.717, 1.165) is 22.4 Å². The summed E-state index contributed by atoms with van der Waals surface area (Å²) in [5, 5.41) is 21.8. The second-order valence-electron chi connectivity index (χ2n) is 8.10. The number of carbonyl (C=O) groups is 1. The number of para-hydroxylation sites is 1. The Morgan fingerprint density at radius 1 is 1.17 bits per heavy atom. The maximum Gasteiger partial charge on any atom is 0.459 e. The van der Waals surface area contributed by atoms with Gasteiger partial charge in [0.2, 0.25) is 0 Å². The number of ether oxygens (including phenoxy) is 1. The Balaban J connectivity index is 1.75. The van der Waals surface area contributed by atoms with E-state index in [0.29, 0.717) is 0 Å². The van der Waals surface area contributed by atoms with E-state index in [2.05, 4.69) is 10.1 Å². The first-order chi connectivity index (χ1) is 16.5. The molecule has 4 N–H and O–H groups in total. The van der Waals surface area contributed by atoms with E-state index in [1.807, 2.05) is 0 Å². The third-order valence-electron chi connectivity index (χ3n) is 4.90. The molecule has 1 unspecified atom stereocenters. The van der Waals surface area contributed by atoms with Crippen LogP contribution in [0.5, 0.6) is 5.75 Å². The quantitative estimate of drug-likeness (QED) is 0.256. The first kappa shape index (κ1) is 27.2. The summed E-state index contributed by atoms with van der Waals surface area (Å²) in [6.07, 6.45) is -1.90. The fourth-order valence-corrected chi connectivity index (χ4v) is 6.29. The van der Waals surface area contributed by atoms with Crippen LogP contribution in [-0.2, 0) is 18.6 Å². The van der Waals surface area contributed by atoms with Gasteiger partial charge in [0.25, 0.3) is 5.56 Å². The number of aliphatic hydroxyl groups is 2. The standard InChI is InChI=1S/C21H28N3O9PS/c1-12(2)32-20(28)13(3)23-34(30,33-14-7-5-4-6-8-14)31-11-15-17(26)18(27)19(35-15)24-10-9-16(25)22-21(24)29/h4-10,12-13,15,17-19,26-27H,11H2,1-3H3,(H,23,30)(H,22,25,29)/t13-,15-,17-,18-,19-,34?/m1/s1. The molecule has 0 saturated carbocycles. The van der Waals surface area contributed by atoms with Crippen LogP contribution in [0.3, 0.4) is 0 Å². The number of esters is 1. The van der Waals surface area contributed by atoms with Crippen molar-refractivity contribution in [1.29, 1.82) is 0 Å². The topological polar surface area (TPSA) is 169 Å². The Kier molecular flexibility index (Phi) is 8.97. The van der Waals surface area contributed by atoms with Crippen molar-refractivity contribution >= 4 is 25.5 Å². The Morgan fingerprint density at radius 3 is 2.49 bits per heavy atom. The molecule has 14 heteroatoms. The van der Waals surface area contributed by atoms with Crippen molar-refractivity contribution < 1.29 is 33.4 Å². The molecule has 3 rings (SSSR count). The van der Waals surface area contributed by atoms with Gasteiger partial charge in [0.1, 0.15) is 23.3 Å². The van der Waals surface area contributed by atoms with E-state index in [1.54, 1.807) is 44.2 Å². The normalized spacial score (nSPS) is 24.6. The molecular weight excluding hydrogens is 501 g/mol. The molecule has 1 aliphatic rings. The Hall–Kier alpha value is -2.41. The summed E-state index contributed by atoms with van der Waals surface area (Å²) in [5.74, 6) is -0.450. The summed E-state index contributed by atoms with van der Waals surface area (Å²) < 4.78 is 30.9. The molecule has 6 atom stereocenters. The monoisotopic (exact) mass is 529 g/mol. The number of benzene rings is 1. The number of thioether (sulfide) groups is 1. The number of aliphatic hydroxyl groups excluding tert-OH is 2. The molecule has 2 aromatic rings. The first-order valence-electron chi connectivity index (χ1n) is 10.8. The van der Waals surface area contributed by atoms with Gasteiger partial charge in [-0.15, -0.1) is 11.8 Å². The highest BCUT2D eigenvalue weighted by Crippen LogP contribution is 2.48. The Morgan fingerprint density at radius 2 is 1.86 bits per heavy atom. The van der Waals surface area contributed by atoms with E-state index in [9.17, 15) is 29.2 Å². The van der Waals surface area contributed by atoms with Crippen molar-refractivity contribution in [3.05, 3.63) is 63.4 Å². The Bertz CT molecular complexity index is 1170. The lowest BCUT2D eigenvalue weighted by Gasteiger charge is -2.25. The molecular formula is C21H28N3O9PS. The van der Waals surface area contributed by atoms with Gasteiger partial charge in [-0.1, -0.05) is 18.2 Å². The highest BCUT2D eigenvalue weighted by atomic mass is 32.2. The van der Waals surface area contributed by atoms with Crippen molar-refractivity contribution in [2.75, 3.05) is 6.61 Å². The van der Waals surface area contributed by atoms with Crippen LogP contribution in [0.25, 0.3) is 0 Å². The van der Waals surface area contributed by atoms with Crippen LogP contribution in [-0.4, -0.2) is 61.9 Å². The zero-order chi connectivity index (χ0) is 25.8. The number of nitrogens with one attached hydrogen (secondary N) is 2. The number of nitrogens with zero attached hydrogens (tertiary/aromatic N) is 1. The van der Waals surface area contributed by atoms with Gasteiger partial charge in [-0.05, 0) is 32.9 Å². The van der Waals surface area contributed by atoms with Crippen LogP contribution < -0.4 is 20.9 Å². The number of H-pyrrole nitrogens is 1. The van der Waals surface area contributed by atoms with Crippen molar-refractivity contribution in [1.82, 2.24) is 14.6 Å². The SMILES string of the molecule is CC(C)OC(=O)[C@@H](C)NP(=O)(OC[C@H]1S[C@@H](n2ccc(=O)[nH]c2=O)[C@H](O)[C@@H]1O)Oc1ccccc1. The van der Waals surface area contributed by atoms with Gasteiger partial charge in [-0.25, -0.2) is 9.36 Å². The predicted molar refractivity (Wildman–Crippen MR) is 128 cm³/mol. The second kappa shape index (κ2) is 11.5. The lowest BCUT2D eigenvalue weighted by Crippen LogP contribution is -2.38. The van der Waals surface area contributed by atoms with Gasteiger partial charge in [0.05, 0.1) is 24.1 Å². The number of aromatic amines is 1. The van der Waals surface area contributed by atoms with E-state index >= 15 is 0 Å². The predicted octanol–water partition coefficient (Wildman–Crippen LogP) is 1.01. The van der Waals surface area contributed by atoms with Gasteiger partial charge < -0.3 is 19.5 Å². The van der Waals surface area contributed by atoms with Gasteiger partial charge in [-0.3, -0.25) is 23.7 Å². The molecule has 192 valence electrons. The summed E-state index contributed by atoms with van der Waals surface area (Å²) in [6, 6.07) is 8.23. The average Bonchev–Trinajstić information content (AvgIpc) is 3.06. The van der Waals surface area contributed by atoms with Crippen molar-refractivity contribution in [2.24, 2.45) is 0 Å². The molecule has 0 spiro atoms. The minimum atomic E-state index is -4.17. The van der Waals surface area contributed by atoms with Crippen molar-refractivity contribution in [3.8, 4) is 5.75 Å². The molecule has 1 fully saturated rings. The highest BCUT2D eigenvalue weighted by Gasteiger charge is 2.45. The van der Waals surface area contributed by atoms with Crippen LogP contribution in [0.1, 0.15) is 26.1 Å².